The summed E-state index contributed by atoms with van der Waals surface area (Å²) >= 11 is 0. The number of carbonyl (C=O) groups is 1. The van der Waals surface area contributed by atoms with Crippen LogP contribution >= 0.6 is 0 Å². The van der Waals surface area contributed by atoms with Crippen molar-refractivity contribution < 1.29 is 14.6 Å². The molecule has 3 heterocycles. The van der Waals surface area contributed by atoms with Crippen molar-refractivity contribution in [3.63, 3.8) is 0 Å². The fourth-order valence-corrected chi connectivity index (χ4v) is 3.75. The van der Waals surface area contributed by atoms with Gasteiger partial charge in [0.2, 0.25) is 0 Å². The predicted molar refractivity (Wildman–Crippen MR) is 62.7 cm³/mol. The van der Waals surface area contributed by atoms with E-state index in [0.717, 1.165) is 32.1 Å². The highest BCUT2D eigenvalue weighted by molar-refractivity contribution is 5.60. The number of carbonyl (C=O) groups excluding carboxylic acids is 1. The Morgan fingerprint density at radius 2 is 2.06 bits per heavy atom. The van der Waals surface area contributed by atoms with Gasteiger partial charge in [-0.15, -0.1) is 0 Å². The van der Waals surface area contributed by atoms with Crippen molar-refractivity contribution in [2.45, 2.75) is 50.3 Å². The lowest BCUT2D eigenvalue weighted by molar-refractivity contribution is -0.118. The molecule has 0 aliphatic carbocycles. The van der Waals surface area contributed by atoms with Gasteiger partial charge in [0.25, 0.3) is 0 Å². The molecule has 0 aromatic rings. The molecular formula is C13H21NO3. The van der Waals surface area contributed by atoms with Crippen LogP contribution in [0.15, 0.2) is 0 Å². The van der Waals surface area contributed by atoms with Gasteiger partial charge in [0.05, 0.1) is 18.1 Å². The van der Waals surface area contributed by atoms with Gasteiger partial charge in [-0.3, -0.25) is 4.90 Å². The molecule has 1 N–H and O–H groups in total. The van der Waals surface area contributed by atoms with Crippen LogP contribution in [0.5, 0.6) is 0 Å². The van der Waals surface area contributed by atoms with E-state index in [1.165, 1.54) is 12.8 Å². The van der Waals surface area contributed by atoms with Crippen molar-refractivity contribution in [2.24, 2.45) is 5.41 Å². The third-order valence-electron chi connectivity index (χ3n) is 4.74. The van der Waals surface area contributed by atoms with Crippen LogP contribution in [-0.4, -0.2) is 54.2 Å². The molecule has 3 rings (SSSR count). The van der Waals surface area contributed by atoms with Crippen molar-refractivity contribution in [1.29, 1.82) is 0 Å². The molecule has 96 valence electrons. The first kappa shape index (κ1) is 11.6. The van der Waals surface area contributed by atoms with Crippen LogP contribution in [0.2, 0.25) is 0 Å². The van der Waals surface area contributed by atoms with Gasteiger partial charge in [0.15, 0.2) is 0 Å². The van der Waals surface area contributed by atoms with E-state index in [0.29, 0.717) is 25.3 Å². The van der Waals surface area contributed by atoms with Crippen molar-refractivity contribution >= 4 is 6.29 Å². The standard InChI is InChI=1S/C13H21NO3/c15-8-13(3-4-17-9-13)7-14-10-1-2-11(14)6-12(16)5-10/h8,10-12,16H,1-7,9H2. The quantitative estimate of drug-likeness (QED) is 0.732. The molecular weight excluding hydrogens is 218 g/mol. The van der Waals surface area contributed by atoms with Crippen LogP contribution < -0.4 is 0 Å². The van der Waals surface area contributed by atoms with E-state index in [1.807, 2.05) is 0 Å². The Hall–Kier alpha value is -0.450. The molecule has 0 aromatic carbocycles. The van der Waals surface area contributed by atoms with Gasteiger partial charge in [0.1, 0.15) is 6.29 Å². The molecule has 3 fully saturated rings. The summed E-state index contributed by atoms with van der Waals surface area (Å²) in [5, 5.41) is 9.77. The number of aldehydes is 1. The molecule has 17 heavy (non-hydrogen) atoms. The molecule has 2 bridgehead atoms. The van der Waals surface area contributed by atoms with Crippen LogP contribution in [0.4, 0.5) is 0 Å². The summed E-state index contributed by atoms with van der Waals surface area (Å²) in [4.78, 5) is 13.8. The monoisotopic (exact) mass is 239 g/mol. The number of hydrogen-bond donors (Lipinski definition) is 1. The minimum atomic E-state index is -0.275. The molecule has 3 aliphatic heterocycles. The lowest BCUT2D eigenvalue weighted by Gasteiger charge is -2.40. The van der Waals surface area contributed by atoms with Gasteiger partial charge < -0.3 is 14.6 Å². The number of fused-ring (bicyclic) bond motifs is 2. The Balaban J connectivity index is 1.71. The van der Waals surface area contributed by atoms with E-state index in [9.17, 15) is 9.90 Å². The third-order valence-corrected chi connectivity index (χ3v) is 4.74. The summed E-state index contributed by atoms with van der Waals surface area (Å²) in [6.45, 7) is 2.12. The van der Waals surface area contributed by atoms with Crippen molar-refractivity contribution in [3.8, 4) is 0 Å². The summed E-state index contributed by atoms with van der Waals surface area (Å²) in [5.74, 6) is 0. The van der Waals surface area contributed by atoms with Crippen LogP contribution in [0, 0.1) is 5.41 Å². The third kappa shape index (κ3) is 2.02. The molecule has 0 saturated carbocycles. The van der Waals surface area contributed by atoms with Crippen LogP contribution in [0.25, 0.3) is 0 Å². The van der Waals surface area contributed by atoms with Crippen molar-refractivity contribution in [3.05, 3.63) is 0 Å². The Labute approximate surface area is 102 Å². The van der Waals surface area contributed by atoms with E-state index < -0.39 is 0 Å². The second kappa shape index (κ2) is 4.34. The van der Waals surface area contributed by atoms with E-state index in [1.54, 1.807) is 0 Å². The summed E-state index contributed by atoms with van der Waals surface area (Å²) < 4.78 is 5.40. The van der Waals surface area contributed by atoms with Crippen molar-refractivity contribution in [1.82, 2.24) is 4.90 Å². The number of ether oxygens (including phenoxy) is 1. The van der Waals surface area contributed by atoms with E-state index >= 15 is 0 Å². The lowest BCUT2D eigenvalue weighted by Crippen LogP contribution is -2.50. The van der Waals surface area contributed by atoms with Gasteiger partial charge in [-0.25, -0.2) is 0 Å². The lowest BCUT2D eigenvalue weighted by atomic mass is 9.86. The van der Waals surface area contributed by atoms with Crippen LogP contribution in [-0.2, 0) is 9.53 Å². The minimum absolute atomic E-state index is 0.129. The van der Waals surface area contributed by atoms with E-state index in [-0.39, 0.29) is 11.5 Å². The number of rotatable bonds is 3. The largest absolute Gasteiger partial charge is 0.393 e. The maximum atomic E-state index is 11.3. The smallest absolute Gasteiger partial charge is 0.129 e. The Morgan fingerprint density at radius 1 is 1.35 bits per heavy atom. The van der Waals surface area contributed by atoms with Crippen LogP contribution in [0.1, 0.15) is 32.1 Å². The second-order valence-electron chi connectivity index (χ2n) is 5.97. The fraction of sp³-hybridized carbons (Fsp3) is 0.923. The minimum Gasteiger partial charge on any atom is -0.393 e. The van der Waals surface area contributed by atoms with Gasteiger partial charge >= 0.3 is 0 Å². The number of aliphatic hydroxyl groups excluding tert-OH is 1. The summed E-state index contributed by atoms with van der Waals surface area (Å²) in [7, 11) is 0. The molecule has 0 amide bonds. The summed E-state index contributed by atoms with van der Waals surface area (Å²) in [6, 6.07) is 0.974. The highest BCUT2D eigenvalue weighted by Crippen LogP contribution is 2.39. The normalized spacial score (nSPS) is 46.3. The number of aliphatic hydroxyl groups is 1. The molecule has 4 heteroatoms. The first-order chi connectivity index (χ1) is 8.22. The maximum absolute atomic E-state index is 11.3. The topological polar surface area (TPSA) is 49.8 Å². The van der Waals surface area contributed by atoms with Gasteiger partial charge in [-0.05, 0) is 32.1 Å². The van der Waals surface area contributed by atoms with Gasteiger partial charge in [-0.2, -0.15) is 0 Å². The SMILES string of the molecule is O=CC1(CN2C3CCC2CC(O)C3)CCOC1. The molecule has 0 aromatic heterocycles. The average molecular weight is 239 g/mol. The number of hydrogen-bond acceptors (Lipinski definition) is 4. The van der Waals surface area contributed by atoms with Gasteiger partial charge in [0, 0.05) is 25.2 Å². The van der Waals surface area contributed by atoms with E-state index in [2.05, 4.69) is 4.90 Å². The van der Waals surface area contributed by atoms with Crippen molar-refractivity contribution in [2.75, 3.05) is 19.8 Å². The molecule has 0 radical (unpaired) electrons. The first-order valence-corrected chi connectivity index (χ1v) is 6.70. The molecule has 3 unspecified atom stereocenters. The van der Waals surface area contributed by atoms with E-state index in [4.69, 9.17) is 4.74 Å². The molecule has 3 atom stereocenters. The highest BCUT2D eigenvalue weighted by Gasteiger charge is 2.45. The number of nitrogens with zero attached hydrogens (tertiary/aromatic N) is 1. The predicted octanol–water partition coefficient (Wildman–Crippen LogP) is 0.580. The zero-order chi connectivity index (χ0) is 11.9. The molecule has 3 saturated heterocycles. The molecule has 3 aliphatic rings. The average Bonchev–Trinajstić information content (AvgIpc) is 2.86. The highest BCUT2D eigenvalue weighted by atomic mass is 16.5. The Bertz CT molecular complexity index is 287. The van der Waals surface area contributed by atoms with Gasteiger partial charge in [-0.1, -0.05) is 0 Å². The maximum Gasteiger partial charge on any atom is 0.129 e. The second-order valence-corrected chi connectivity index (χ2v) is 5.97. The Kier molecular flexibility index (Phi) is 2.97. The molecule has 4 nitrogen and oxygen atoms in total. The zero-order valence-electron chi connectivity index (χ0n) is 10.2. The van der Waals surface area contributed by atoms with Crippen LogP contribution in [0.3, 0.4) is 0 Å². The molecule has 0 spiro atoms. The fourth-order valence-electron chi connectivity index (χ4n) is 3.75. The first-order valence-electron chi connectivity index (χ1n) is 6.70. The Morgan fingerprint density at radius 3 is 2.59 bits per heavy atom. The summed E-state index contributed by atoms with van der Waals surface area (Å²) in [5.41, 5.74) is -0.275. The number of piperidine rings is 1. The zero-order valence-corrected chi connectivity index (χ0v) is 10.2. The summed E-state index contributed by atoms with van der Waals surface area (Å²) in [6.07, 6.45) is 5.95.